The molecule has 9 heteroatoms. The highest BCUT2D eigenvalue weighted by Gasteiger charge is 2.38. The summed E-state index contributed by atoms with van der Waals surface area (Å²) >= 11 is 0. The lowest BCUT2D eigenvalue weighted by Gasteiger charge is -2.15. The van der Waals surface area contributed by atoms with Gasteiger partial charge < -0.3 is 5.11 Å². The maximum atomic E-state index is 12.0. The number of rotatable bonds is 6. The quantitative estimate of drug-likeness (QED) is 0.800. The Morgan fingerprint density at radius 3 is 2.58 bits per heavy atom. The van der Waals surface area contributed by atoms with Gasteiger partial charge >= 0.3 is 6.18 Å². The molecule has 5 nitrogen and oxygen atoms in total. The van der Waals surface area contributed by atoms with Crippen LogP contribution in [0.15, 0.2) is 24.4 Å². The number of aryl methyl sites for hydroxylation is 1. The van der Waals surface area contributed by atoms with E-state index in [1.54, 1.807) is 22.9 Å². The second-order valence-electron chi connectivity index (χ2n) is 3.80. The van der Waals surface area contributed by atoms with Gasteiger partial charge in [-0.25, -0.2) is 13.1 Å². The second-order valence-corrected chi connectivity index (χ2v) is 5.72. The van der Waals surface area contributed by atoms with Crippen molar-refractivity contribution in [2.24, 2.45) is 0 Å². The van der Waals surface area contributed by atoms with E-state index in [2.05, 4.69) is 4.98 Å². The Kier molecular flexibility index (Phi) is 5.27. The minimum Gasteiger partial charge on any atom is -0.382 e. The average molecular weight is 298 g/mol. The smallest absolute Gasteiger partial charge is 0.382 e. The Labute approximate surface area is 108 Å². The molecular formula is C10H13F3N2O3S. The van der Waals surface area contributed by atoms with Gasteiger partial charge in [0.05, 0.1) is 5.75 Å². The van der Waals surface area contributed by atoms with Crippen LogP contribution >= 0.6 is 0 Å². The highest BCUT2D eigenvalue weighted by molar-refractivity contribution is 7.89. The summed E-state index contributed by atoms with van der Waals surface area (Å²) in [5, 5.41) is 8.67. The van der Waals surface area contributed by atoms with Crippen LogP contribution in [-0.2, 0) is 16.4 Å². The fraction of sp³-hybridized carbons (Fsp3) is 0.500. The number of sulfonamides is 1. The first kappa shape index (κ1) is 15.9. The van der Waals surface area contributed by atoms with E-state index in [0.29, 0.717) is 5.69 Å². The first-order valence-corrected chi connectivity index (χ1v) is 6.98. The monoisotopic (exact) mass is 298 g/mol. The van der Waals surface area contributed by atoms with Gasteiger partial charge in [-0.15, -0.1) is 0 Å². The van der Waals surface area contributed by atoms with Gasteiger partial charge in [-0.05, 0) is 12.1 Å². The van der Waals surface area contributed by atoms with Crippen LogP contribution < -0.4 is 4.72 Å². The molecule has 0 bridgehead atoms. The van der Waals surface area contributed by atoms with Crippen molar-refractivity contribution in [3.63, 3.8) is 0 Å². The largest absolute Gasteiger partial charge is 0.415 e. The molecule has 0 saturated carbocycles. The van der Waals surface area contributed by atoms with E-state index in [4.69, 9.17) is 5.11 Å². The standard InChI is InChI=1S/C10H13F3N2O3S/c11-10(12,13)9(16)7-15-19(17,18)6-4-8-3-1-2-5-14-8/h1-3,5,9,15-16H,4,6-7H2. The second kappa shape index (κ2) is 6.31. The molecule has 0 spiro atoms. The molecule has 0 fully saturated rings. The van der Waals surface area contributed by atoms with Crippen molar-refractivity contribution < 1.29 is 26.7 Å². The van der Waals surface area contributed by atoms with Gasteiger partial charge in [-0.2, -0.15) is 13.2 Å². The Morgan fingerprint density at radius 1 is 1.37 bits per heavy atom. The highest BCUT2D eigenvalue weighted by Crippen LogP contribution is 2.19. The van der Waals surface area contributed by atoms with E-state index in [1.165, 1.54) is 6.20 Å². The van der Waals surface area contributed by atoms with Gasteiger partial charge in [-0.3, -0.25) is 4.98 Å². The fourth-order valence-electron chi connectivity index (χ4n) is 1.18. The number of alkyl halides is 3. The van der Waals surface area contributed by atoms with Crippen LogP contribution in [-0.4, -0.2) is 43.1 Å². The van der Waals surface area contributed by atoms with Crippen molar-refractivity contribution in [2.45, 2.75) is 18.7 Å². The third-order valence-electron chi connectivity index (χ3n) is 2.23. The summed E-state index contributed by atoms with van der Waals surface area (Å²) in [6, 6.07) is 4.95. The maximum absolute atomic E-state index is 12.0. The summed E-state index contributed by atoms with van der Waals surface area (Å²) in [4.78, 5) is 3.89. The summed E-state index contributed by atoms with van der Waals surface area (Å²) in [6.07, 6.45) is -5.98. The van der Waals surface area contributed by atoms with Gasteiger partial charge in [-0.1, -0.05) is 6.07 Å². The van der Waals surface area contributed by atoms with Gasteiger partial charge in [0.1, 0.15) is 0 Å². The number of nitrogens with one attached hydrogen (secondary N) is 1. The molecule has 0 aliphatic heterocycles. The third-order valence-corrected chi connectivity index (χ3v) is 3.58. The molecule has 1 atom stereocenters. The van der Waals surface area contributed by atoms with Crippen molar-refractivity contribution in [2.75, 3.05) is 12.3 Å². The van der Waals surface area contributed by atoms with E-state index < -0.39 is 34.6 Å². The summed E-state index contributed by atoms with van der Waals surface area (Å²) in [6.45, 7) is -1.09. The van der Waals surface area contributed by atoms with Crippen molar-refractivity contribution in [1.82, 2.24) is 9.71 Å². The van der Waals surface area contributed by atoms with Crippen LogP contribution in [0.1, 0.15) is 5.69 Å². The zero-order valence-corrected chi connectivity index (χ0v) is 10.6. The molecule has 0 radical (unpaired) electrons. The van der Waals surface area contributed by atoms with Gasteiger partial charge in [0.15, 0.2) is 6.10 Å². The molecule has 0 aliphatic rings. The SMILES string of the molecule is O=S(=O)(CCc1ccccn1)NCC(O)C(F)(F)F. The molecule has 19 heavy (non-hydrogen) atoms. The molecule has 0 saturated heterocycles. The van der Waals surface area contributed by atoms with Gasteiger partial charge in [0.2, 0.25) is 10.0 Å². The maximum Gasteiger partial charge on any atom is 0.415 e. The molecule has 0 amide bonds. The van der Waals surface area contributed by atoms with Gasteiger partial charge in [0, 0.05) is 24.9 Å². The normalized spacial score (nSPS) is 14.3. The lowest BCUT2D eigenvalue weighted by molar-refractivity contribution is -0.200. The molecule has 0 aromatic carbocycles. The summed E-state index contributed by atoms with van der Waals surface area (Å²) in [7, 11) is -3.89. The molecular weight excluding hydrogens is 285 g/mol. The lowest BCUT2D eigenvalue weighted by atomic mass is 10.3. The first-order chi connectivity index (χ1) is 8.71. The number of halogens is 3. The van der Waals surface area contributed by atoms with E-state index in [-0.39, 0.29) is 6.42 Å². The molecule has 1 rings (SSSR count). The van der Waals surface area contributed by atoms with E-state index >= 15 is 0 Å². The third kappa shape index (κ3) is 5.99. The molecule has 2 N–H and O–H groups in total. The Bertz CT molecular complexity index is 490. The van der Waals surface area contributed by atoms with E-state index in [1.807, 2.05) is 0 Å². The summed E-state index contributed by atoms with van der Waals surface area (Å²) < 4.78 is 60.5. The summed E-state index contributed by atoms with van der Waals surface area (Å²) in [5.74, 6) is -0.394. The van der Waals surface area contributed by atoms with Crippen LogP contribution in [0, 0.1) is 0 Å². The Morgan fingerprint density at radius 2 is 2.05 bits per heavy atom. The molecule has 108 valence electrons. The average Bonchev–Trinajstić information content (AvgIpc) is 2.34. The predicted molar refractivity (Wildman–Crippen MR) is 61.8 cm³/mol. The van der Waals surface area contributed by atoms with Gasteiger partial charge in [0.25, 0.3) is 0 Å². The molecule has 1 unspecified atom stereocenters. The number of aromatic nitrogens is 1. The zero-order valence-electron chi connectivity index (χ0n) is 9.76. The van der Waals surface area contributed by atoms with Crippen LogP contribution in [0.5, 0.6) is 0 Å². The predicted octanol–water partition coefficient (Wildman–Crippen LogP) is 0.467. The minimum absolute atomic E-state index is 0.0816. The van der Waals surface area contributed by atoms with Crippen molar-refractivity contribution in [3.05, 3.63) is 30.1 Å². The first-order valence-electron chi connectivity index (χ1n) is 5.33. The molecule has 0 aliphatic carbocycles. The number of hydrogen-bond donors (Lipinski definition) is 2. The number of pyridine rings is 1. The number of hydrogen-bond acceptors (Lipinski definition) is 4. The van der Waals surface area contributed by atoms with Crippen molar-refractivity contribution in [3.8, 4) is 0 Å². The topological polar surface area (TPSA) is 79.3 Å². The Hall–Kier alpha value is -1.19. The van der Waals surface area contributed by atoms with Crippen LogP contribution in [0.4, 0.5) is 13.2 Å². The number of aliphatic hydroxyl groups excluding tert-OH is 1. The number of aliphatic hydroxyl groups is 1. The molecule has 1 aromatic rings. The highest BCUT2D eigenvalue weighted by atomic mass is 32.2. The zero-order chi connectivity index (χ0) is 14.5. The fourth-order valence-corrected chi connectivity index (χ4v) is 2.21. The number of nitrogens with zero attached hydrogens (tertiary/aromatic N) is 1. The van der Waals surface area contributed by atoms with Crippen molar-refractivity contribution in [1.29, 1.82) is 0 Å². The van der Waals surface area contributed by atoms with E-state index in [9.17, 15) is 21.6 Å². The van der Waals surface area contributed by atoms with Crippen LogP contribution in [0.25, 0.3) is 0 Å². The Balaban J connectivity index is 2.45. The lowest BCUT2D eigenvalue weighted by Crippen LogP contribution is -2.41. The minimum atomic E-state index is -4.84. The molecule has 1 aromatic heterocycles. The summed E-state index contributed by atoms with van der Waals surface area (Å²) in [5.41, 5.74) is 0.518. The van der Waals surface area contributed by atoms with E-state index in [0.717, 1.165) is 0 Å². The van der Waals surface area contributed by atoms with Crippen LogP contribution in [0.3, 0.4) is 0 Å². The van der Waals surface area contributed by atoms with Crippen molar-refractivity contribution >= 4 is 10.0 Å². The van der Waals surface area contributed by atoms with Crippen LogP contribution in [0.2, 0.25) is 0 Å². The molecule has 1 heterocycles.